The van der Waals surface area contributed by atoms with Crippen molar-refractivity contribution in [2.45, 2.75) is 44.4 Å². The number of benzene rings is 1. The molecule has 0 saturated heterocycles. The van der Waals surface area contributed by atoms with Gasteiger partial charge in [-0.15, -0.1) is 11.8 Å². The molecule has 2 aliphatic rings. The lowest BCUT2D eigenvalue weighted by Gasteiger charge is -2.24. The van der Waals surface area contributed by atoms with Crippen LogP contribution < -0.4 is 5.73 Å². The van der Waals surface area contributed by atoms with E-state index in [0.29, 0.717) is 5.75 Å². The zero-order valence-electron chi connectivity index (χ0n) is 13.9. The molecule has 2 N–H and O–H groups in total. The number of aliphatic imine (C=N–C) groups is 1. The van der Waals surface area contributed by atoms with E-state index in [9.17, 15) is 18.9 Å². The van der Waals surface area contributed by atoms with Gasteiger partial charge in [-0.3, -0.25) is 15.1 Å². The quantitative estimate of drug-likeness (QED) is 0.640. The fourth-order valence-electron chi connectivity index (χ4n) is 1.78. The maximum atomic E-state index is 13.7. The van der Waals surface area contributed by atoms with E-state index in [1.54, 1.807) is 0 Å². The molecule has 2 unspecified atom stereocenters. The van der Waals surface area contributed by atoms with E-state index in [0.717, 1.165) is 18.2 Å². The van der Waals surface area contributed by atoms with Crippen LogP contribution in [0.4, 0.5) is 14.5 Å². The summed E-state index contributed by atoms with van der Waals surface area (Å²) in [5.41, 5.74) is 5.51. The molecule has 1 aliphatic heterocycles. The lowest BCUT2D eigenvalue weighted by molar-refractivity contribution is -0.385. The number of amidine groups is 1. The molecule has 0 spiro atoms. The number of halogens is 2. The summed E-state index contributed by atoms with van der Waals surface area (Å²) < 4.78 is 26.3. The molecule has 0 aromatic heterocycles. The average Bonchev–Trinajstić information content (AvgIpc) is 3.46. The van der Waals surface area contributed by atoms with Crippen molar-refractivity contribution < 1.29 is 13.7 Å². The van der Waals surface area contributed by atoms with Crippen molar-refractivity contribution in [2.24, 2.45) is 10.7 Å². The van der Waals surface area contributed by atoms with Crippen molar-refractivity contribution in [1.29, 1.82) is 0 Å². The van der Waals surface area contributed by atoms with Gasteiger partial charge in [0.25, 0.3) is 5.69 Å². The van der Waals surface area contributed by atoms with Gasteiger partial charge >= 0.3 is 0 Å². The SMILES string of the molecule is C1CC1.CC.NC1=NC(c2cc([N+](=O)[O-])ccc2F)CSC1CF. The molecule has 1 aliphatic carbocycles. The van der Waals surface area contributed by atoms with Crippen molar-refractivity contribution in [3.8, 4) is 0 Å². The van der Waals surface area contributed by atoms with Crippen molar-refractivity contribution in [1.82, 2.24) is 0 Å². The van der Waals surface area contributed by atoms with Crippen LogP contribution in [0.25, 0.3) is 0 Å². The third-order valence-corrected chi connectivity index (χ3v) is 4.41. The normalized spacial score (nSPS) is 21.4. The molecule has 0 amide bonds. The molecule has 1 aromatic rings. The van der Waals surface area contributed by atoms with Gasteiger partial charge < -0.3 is 5.73 Å². The molecule has 134 valence electrons. The molecule has 2 atom stereocenters. The van der Waals surface area contributed by atoms with E-state index in [4.69, 9.17) is 5.73 Å². The monoisotopic (exact) mass is 359 g/mol. The zero-order valence-corrected chi connectivity index (χ0v) is 14.7. The molecule has 0 bridgehead atoms. The second-order valence-corrected chi connectivity index (χ2v) is 6.31. The van der Waals surface area contributed by atoms with Crippen LogP contribution in [0.5, 0.6) is 0 Å². The summed E-state index contributed by atoms with van der Waals surface area (Å²) >= 11 is 1.23. The molecule has 0 radical (unpaired) electrons. The topological polar surface area (TPSA) is 81.5 Å². The Morgan fingerprint density at radius 2 is 2.00 bits per heavy atom. The Labute approximate surface area is 144 Å². The summed E-state index contributed by atoms with van der Waals surface area (Å²) in [6, 6.07) is 2.65. The van der Waals surface area contributed by atoms with Crippen LogP contribution in [-0.4, -0.2) is 28.4 Å². The predicted octanol–water partition coefficient (Wildman–Crippen LogP) is 4.41. The summed E-state index contributed by atoms with van der Waals surface area (Å²) in [6.07, 6.45) is 4.50. The van der Waals surface area contributed by atoms with Gasteiger partial charge in [0.1, 0.15) is 18.3 Å². The van der Waals surface area contributed by atoms with Crippen LogP contribution in [0, 0.1) is 15.9 Å². The summed E-state index contributed by atoms with van der Waals surface area (Å²) in [5.74, 6) is -0.131. The summed E-state index contributed by atoms with van der Waals surface area (Å²) in [4.78, 5) is 14.1. The first-order valence-electron chi connectivity index (χ1n) is 7.97. The molecule has 3 rings (SSSR count). The van der Waals surface area contributed by atoms with Crippen molar-refractivity contribution in [3.63, 3.8) is 0 Å². The number of nitrogens with two attached hydrogens (primary N) is 1. The van der Waals surface area contributed by atoms with Gasteiger partial charge in [-0.25, -0.2) is 8.78 Å². The van der Waals surface area contributed by atoms with Crippen LogP contribution in [0.1, 0.15) is 44.7 Å². The average molecular weight is 359 g/mol. The predicted molar refractivity (Wildman–Crippen MR) is 94.8 cm³/mol. The third-order valence-electron chi connectivity index (χ3n) is 3.13. The Balaban J connectivity index is 0.000000503. The lowest BCUT2D eigenvalue weighted by Crippen LogP contribution is -2.33. The highest BCUT2D eigenvalue weighted by Crippen LogP contribution is 2.33. The largest absolute Gasteiger partial charge is 0.386 e. The highest BCUT2D eigenvalue weighted by molar-refractivity contribution is 8.00. The number of hydrogen-bond donors (Lipinski definition) is 1. The minimum absolute atomic E-state index is 0.106. The van der Waals surface area contributed by atoms with E-state index in [1.165, 1.54) is 31.0 Å². The summed E-state index contributed by atoms with van der Waals surface area (Å²) in [5, 5.41) is 10.2. The summed E-state index contributed by atoms with van der Waals surface area (Å²) in [6.45, 7) is 3.37. The summed E-state index contributed by atoms with van der Waals surface area (Å²) in [7, 11) is 0. The Morgan fingerprint density at radius 1 is 1.38 bits per heavy atom. The van der Waals surface area contributed by atoms with Crippen LogP contribution in [-0.2, 0) is 0 Å². The standard InChI is InChI=1S/C11H11F2N3O2S.C3H6.C2H6/c12-4-10-11(14)15-9(5-19-10)7-3-6(16(17)18)1-2-8(7)13;1-2-3-1;1-2/h1-3,9-10H,4-5H2,(H2,14,15);1-3H2;1-2H3. The maximum Gasteiger partial charge on any atom is 0.269 e. The minimum atomic E-state index is -0.635. The number of thioether (sulfide) groups is 1. The lowest BCUT2D eigenvalue weighted by atomic mass is 10.1. The first-order valence-corrected chi connectivity index (χ1v) is 9.02. The number of hydrogen-bond acceptors (Lipinski definition) is 5. The fourth-order valence-corrected chi connectivity index (χ4v) is 2.77. The minimum Gasteiger partial charge on any atom is -0.386 e. The van der Waals surface area contributed by atoms with Gasteiger partial charge in [-0.1, -0.05) is 33.1 Å². The third kappa shape index (κ3) is 6.07. The molecule has 1 saturated carbocycles. The molecule has 5 nitrogen and oxygen atoms in total. The van der Waals surface area contributed by atoms with E-state index in [2.05, 4.69) is 4.99 Å². The van der Waals surface area contributed by atoms with Gasteiger partial charge in [0, 0.05) is 23.4 Å². The van der Waals surface area contributed by atoms with Crippen LogP contribution >= 0.6 is 11.8 Å². The number of non-ortho nitro benzene ring substituents is 1. The Hall–Kier alpha value is -1.70. The first-order chi connectivity index (χ1) is 11.5. The molecular formula is C16H23F2N3O2S. The molecule has 24 heavy (non-hydrogen) atoms. The van der Waals surface area contributed by atoms with E-state index >= 15 is 0 Å². The van der Waals surface area contributed by atoms with E-state index in [1.807, 2.05) is 13.8 Å². The van der Waals surface area contributed by atoms with Gasteiger partial charge in [0.05, 0.1) is 16.2 Å². The molecule has 1 aromatic carbocycles. The first kappa shape index (κ1) is 20.3. The van der Waals surface area contributed by atoms with Gasteiger partial charge in [-0.2, -0.15) is 0 Å². The Morgan fingerprint density at radius 3 is 2.46 bits per heavy atom. The number of alkyl halides is 1. The van der Waals surface area contributed by atoms with Crippen molar-refractivity contribution in [2.75, 3.05) is 12.4 Å². The highest BCUT2D eigenvalue weighted by atomic mass is 32.2. The van der Waals surface area contributed by atoms with Crippen LogP contribution in [0.2, 0.25) is 0 Å². The Bertz CT molecular complexity index is 580. The number of rotatable bonds is 3. The molecule has 8 heteroatoms. The highest BCUT2D eigenvalue weighted by Gasteiger charge is 2.27. The smallest absolute Gasteiger partial charge is 0.269 e. The Kier molecular flexibility index (Phi) is 8.67. The van der Waals surface area contributed by atoms with E-state index in [-0.39, 0.29) is 17.1 Å². The van der Waals surface area contributed by atoms with Gasteiger partial charge in [0.15, 0.2) is 0 Å². The second kappa shape index (κ2) is 10.2. The maximum absolute atomic E-state index is 13.7. The molecule has 1 heterocycles. The number of nitrogens with zero attached hydrogens (tertiary/aromatic N) is 2. The number of nitro groups is 1. The second-order valence-electron chi connectivity index (χ2n) is 5.07. The zero-order chi connectivity index (χ0) is 18.1. The van der Waals surface area contributed by atoms with Crippen molar-refractivity contribution in [3.05, 3.63) is 39.7 Å². The number of nitro benzene ring substituents is 1. The van der Waals surface area contributed by atoms with Gasteiger partial charge in [-0.05, 0) is 6.07 Å². The fraction of sp³-hybridized carbons (Fsp3) is 0.562. The molecular weight excluding hydrogens is 336 g/mol. The van der Waals surface area contributed by atoms with Crippen LogP contribution in [0.15, 0.2) is 23.2 Å². The van der Waals surface area contributed by atoms with E-state index < -0.39 is 28.7 Å². The molecule has 1 fully saturated rings. The van der Waals surface area contributed by atoms with Gasteiger partial charge in [0.2, 0.25) is 0 Å². The van der Waals surface area contributed by atoms with Crippen LogP contribution in [0.3, 0.4) is 0 Å². The van der Waals surface area contributed by atoms with Crippen molar-refractivity contribution >= 4 is 23.3 Å².